The molecule has 4 nitrogen and oxygen atoms in total. The summed E-state index contributed by atoms with van der Waals surface area (Å²) >= 11 is 0. The number of carbonyl (C=O) groups is 1. The Morgan fingerprint density at radius 2 is 1.97 bits per heavy atom. The maximum Gasteiger partial charge on any atom is 0.159 e. The molecule has 2 heterocycles. The molecule has 0 radical (unpaired) electrons. The number of ketones is 1. The number of fused-ring (bicyclic) bond motifs is 4. The molecule has 0 saturated heterocycles. The highest BCUT2D eigenvalue weighted by atomic mass is 32.2. The molecule has 32 heavy (non-hydrogen) atoms. The summed E-state index contributed by atoms with van der Waals surface area (Å²) in [5.74, 6) is 0.0166. The Kier molecular flexibility index (Phi) is 5.76. The van der Waals surface area contributed by atoms with Crippen LogP contribution in [0, 0.1) is 0 Å². The molecule has 1 spiro atoms. The van der Waals surface area contributed by atoms with Gasteiger partial charge in [0.1, 0.15) is 0 Å². The molecular formula is C27H30N2O2S. The topological polar surface area (TPSA) is 49.4 Å². The summed E-state index contributed by atoms with van der Waals surface area (Å²) in [4.78, 5) is 14.9. The Morgan fingerprint density at radius 1 is 1.09 bits per heavy atom. The Bertz CT molecular complexity index is 1120. The molecular weight excluding hydrogens is 416 g/mol. The van der Waals surface area contributed by atoms with Gasteiger partial charge in [0.25, 0.3) is 0 Å². The number of carbonyl (C=O) groups excluding carboxylic acids is 1. The van der Waals surface area contributed by atoms with Crippen molar-refractivity contribution in [3.05, 3.63) is 78.1 Å². The lowest BCUT2D eigenvalue weighted by Crippen LogP contribution is -2.50. The minimum Gasteiger partial charge on any atom is -0.372 e. The van der Waals surface area contributed by atoms with Gasteiger partial charge in [-0.25, -0.2) is 0 Å². The first-order valence-corrected chi connectivity index (χ1v) is 12.8. The van der Waals surface area contributed by atoms with Gasteiger partial charge in [0, 0.05) is 27.6 Å². The molecule has 1 aliphatic carbocycles. The van der Waals surface area contributed by atoms with Gasteiger partial charge in [0.05, 0.1) is 27.7 Å². The van der Waals surface area contributed by atoms with Crippen LogP contribution in [0.2, 0.25) is 0 Å². The van der Waals surface area contributed by atoms with E-state index in [0.717, 1.165) is 49.8 Å². The third kappa shape index (κ3) is 3.83. The van der Waals surface area contributed by atoms with E-state index in [9.17, 15) is 9.00 Å². The number of Topliss-reactive ketones (excluding diaryl/α,β-unsaturated/α-hetero) is 1. The van der Waals surface area contributed by atoms with Crippen LogP contribution in [-0.2, 0) is 10.8 Å². The van der Waals surface area contributed by atoms with Crippen LogP contribution in [0.25, 0.3) is 0 Å². The summed E-state index contributed by atoms with van der Waals surface area (Å²) in [5.41, 5.74) is 4.21. The summed E-state index contributed by atoms with van der Waals surface area (Å²) in [6.45, 7) is 1.56. The first kappa shape index (κ1) is 21.2. The van der Waals surface area contributed by atoms with E-state index in [0.29, 0.717) is 5.56 Å². The van der Waals surface area contributed by atoms with E-state index in [1.165, 1.54) is 17.1 Å². The van der Waals surface area contributed by atoms with E-state index in [1.54, 1.807) is 13.0 Å². The van der Waals surface area contributed by atoms with Crippen molar-refractivity contribution < 1.29 is 9.00 Å². The second-order valence-electron chi connectivity index (χ2n) is 9.09. The van der Waals surface area contributed by atoms with Gasteiger partial charge >= 0.3 is 0 Å². The molecule has 5 rings (SSSR count). The third-order valence-corrected chi connectivity index (χ3v) is 8.83. The summed E-state index contributed by atoms with van der Waals surface area (Å²) in [5, 5.41) is 4.01. The average Bonchev–Trinajstić information content (AvgIpc) is 2.81. The number of nitrogens with zero attached hydrogens (tertiary/aromatic N) is 1. The highest BCUT2D eigenvalue weighted by molar-refractivity contribution is 7.85. The van der Waals surface area contributed by atoms with Crippen molar-refractivity contribution in [3.63, 3.8) is 0 Å². The predicted molar refractivity (Wildman–Crippen MR) is 131 cm³/mol. The van der Waals surface area contributed by atoms with Crippen molar-refractivity contribution in [1.82, 2.24) is 0 Å². The van der Waals surface area contributed by atoms with E-state index in [1.807, 2.05) is 18.2 Å². The average molecular weight is 447 g/mol. The van der Waals surface area contributed by atoms with Gasteiger partial charge in [-0.05, 0) is 63.3 Å². The van der Waals surface area contributed by atoms with Gasteiger partial charge < -0.3 is 10.2 Å². The van der Waals surface area contributed by atoms with Crippen LogP contribution in [0.5, 0.6) is 0 Å². The molecule has 3 atom stereocenters. The third-order valence-electron chi connectivity index (χ3n) is 7.04. The van der Waals surface area contributed by atoms with Crippen molar-refractivity contribution in [3.8, 4) is 0 Å². The van der Waals surface area contributed by atoms with Crippen LogP contribution in [-0.4, -0.2) is 20.8 Å². The number of nitrogens with one attached hydrogen (secondary N) is 1. The smallest absolute Gasteiger partial charge is 0.159 e. The standard InChI is InChI=1S/C27H30N2O2S/c1-20(30)21-9-8-11-23(19-21)32(31)22-10-4-6-16-27(17-15-22)26-14-5-7-18-29(26)25-13-3-2-12-24(25)28-27/h2-3,7-9,11-14,18-19,22,28H,4-6,10,15-17H2,1H3. The zero-order valence-electron chi connectivity index (χ0n) is 18.5. The van der Waals surface area contributed by atoms with Crippen LogP contribution in [0.15, 0.2) is 77.5 Å². The van der Waals surface area contributed by atoms with E-state index in [2.05, 4.69) is 52.8 Å². The monoisotopic (exact) mass is 446 g/mol. The van der Waals surface area contributed by atoms with Crippen LogP contribution in [0.1, 0.15) is 62.2 Å². The second kappa shape index (κ2) is 8.70. The van der Waals surface area contributed by atoms with Crippen molar-refractivity contribution in [1.29, 1.82) is 0 Å². The quantitative estimate of drug-likeness (QED) is 0.571. The largest absolute Gasteiger partial charge is 0.372 e. The van der Waals surface area contributed by atoms with Crippen LogP contribution in [0.3, 0.4) is 0 Å². The molecule has 1 fully saturated rings. The van der Waals surface area contributed by atoms with Gasteiger partial charge in [0.2, 0.25) is 0 Å². The maximum absolute atomic E-state index is 13.5. The fourth-order valence-electron chi connectivity index (χ4n) is 5.38. The number of benzene rings is 2. The summed E-state index contributed by atoms with van der Waals surface area (Å²) in [7, 11) is -1.12. The van der Waals surface area contributed by atoms with Crippen molar-refractivity contribution in [2.75, 3.05) is 10.2 Å². The molecule has 1 N–H and O–H groups in total. The predicted octanol–water partition coefficient (Wildman–Crippen LogP) is 6.19. The minimum absolute atomic E-state index is 0.0166. The van der Waals surface area contributed by atoms with E-state index >= 15 is 0 Å². The van der Waals surface area contributed by atoms with Crippen LogP contribution < -0.4 is 10.2 Å². The Labute approximate surface area is 192 Å². The molecule has 2 aliphatic heterocycles. The number of rotatable bonds is 3. The number of para-hydroxylation sites is 2. The lowest BCUT2D eigenvalue weighted by Gasteiger charge is -2.49. The highest BCUT2D eigenvalue weighted by Gasteiger charge is 2.43. The number of anilines is 2. The normalized spacial score (nSPS) is 25.6. The van der Waals surface area contributed by atoms with Gasteiger partial charge in [-0.1, -0.05) is 49.3 Å². The first-order chi connectivity index (χ1) is 15.6. The molecule has 166 valence electrons. The molecule has 0 amide bonds. The van der Waals surface area contributed by atoms with Crippen molar-refractivity contribution in [2.45, 2.75) is 67.6 Å². The highest BCUT2D eigenvalue weighted by Crippen LogP contribution is 2.47. The fraction of sp³-hybridized carbons (Fsp3) is 0.370. The molecule has 2 aromatic rings. The molecule has 2 aromatic carbocycles. The number of hydrogen-bond acceptors (Lipinski definition) is 4. The Morgan fingerprint density at radius 3 is 2.84 bits per heavy atom. The summed E-state index contributed by atoms with van der Waals surface area (Å²) in [6, 6.07) is 15.9. The first-order valence-electron chi connectivity index (χ1n) is 11.6. The molecule has 3 unspecified atom stereocenters. The minimum atomic E-state index is -1.12. The lowest BCUT2D eigenvalue weighted by molar-refractivity contribution is 0.101. The molecule has 0 aromatic heterocycles. The number of hydrogen-bond donors (Lipinski definition) is 1. The van der Waals surface area contributed by atoms with Crippen LogP contribution >= 0.6 is 0 Å². The maximum atomic E-state index is 13.5. The van der Waals surface area contributed by atoms with E-state index in [-0.39, 0.29) is 16.6 Å². The van der Waals surface area contributed by atoms with E-state index < -0.39 is 10.8 Å². The lowest BCUT2D eigenvalue weighted by atomic mass is 9.78. The van der Waals surface area contributed by atoms with Gasteiger partial charge in [-0.15, -0.1) is 0 Å². The van der Waals surface area contributed by atoms with Gasteiger partial charge in [-0.2, -0.15) is 0 Å². The Balaban J connectivity index is 1.43. The van der Waals surface area contributed by atoms with Crippen molar-refractivity contribution in [2.24, 2.45) is 0 Å². The van der Waals surface area contributed by atoms with Gasteiger partial charge in [0.15, 0.2) is 5.78 Å². The van der Waals surface area contributed by atoms with Gasteiger partial charge in [-0.3, -0.25) is 9.00 Å². The fourth-order valence-corrected chi connectivity index (χ4v) is 6.93. The summed E-state index contributed by atoms with van der Waals surface area (Å²) < 4.78 is 13.5. The zero-order valence-corrected chi connectivity index (χ0v) is 19.4. The van der Waals surface area contributed by atoms with Crippen molar-refractivity contribution >= 4 is 28.0 Å². The van der Waals surface area contributed by atoms with E-state index in [4.69, 9.17) is 0 Å². The zero-order chi connectivity index (χ0) is 22.1. The van der Waals surface area contributed by atoms with Crippen LogP contribution in [0.4, 0.5) is 11.4 Å². The molecule has 5 heteroatoms. The number of allylic oxidation sites excluding steroid dienone is 2. The molecule has 3 aliphatic rings. The Hall–Kier alpha value is -2.66. The molecule has 1 saturated carbocycles. The second-order valence-corrected chi connectivity index (χ2v) is 10.8. The molecule has 0 bridgehead atoms. The summed E-state index contributed by atoms with van der Waals surface area (Å²) in [6.07, 6.45) is 13.8. The SMILES string of the molecule is CC(=O)c1cccc(S(=O)C2CCCCC3(CC2)Nc2ccccc2N2C=CCC=C23)c1.